The monoisotopic (exact) mass is 252 g/mol. The van der Waals surface area contributed by atoms with Gasteiger partial charge in [0.25, 0.3) is 0 Å². The fourth-order valence-corrected chi connectivity index (χ4v) is 2.68. The number of nitrogen functional groups attached to an aromatic ring is 1. The number of hydrogen-bond acceptors (Lipinski definition) is 2. The highest BCUT2D eigenvalue weighted by Crippen LogP contribution is 2.29. The van der Waals surface area contributed by atoms with Gasteiger partial charge < -0.3 is 10.7 Å². The van der Waals surface area contributed by atoms with E-state index >= 15 is 0 Å². The minimum absolute atomic E-state index is 0.0559. The quantitative estimate of drug-likeness (QED) is 0.515. The van der Waals surface area contributed by atoms with E-state index < -0.39 is 0 Å². The van der Waals surface area contributed by atoms with Crippen LogP contribution in [-0.4, -0.2) is 4.98 Å². The molecule has 3 nitrogen and oxygen atoms in total. The lowest BCUT2D eigenvalue weighted by Gasteiger charge is -2.13. The van der Waals surface area contributed by atoms with Gasteiger partial charge in [-0.1, -0.05) is 26.0 Å². The zero-order valence-electron chi connectivity index (χ0n) is 11.0. The first-order chi connectivity index (χ1) is 9.09. The molecule has 1 aromatic heterocycles. The van der Waals surface area contributed by atoms with E-state index in [2.05, 4.69) is 18.8 Å². The third kappa shape index (κ3) is 1.70. The minimum atomic E-state index is 0.0559. The van der Waals surface area contributed by atoms with Gasteiger partial charge in [-0.3, -0.25) is 4.79 Å². The average Bonchev–Trinajstić information content (AvgIpc) is 2.39. The Hall–Kier alpha value is -2.29. The third-order valence-electron chi connectivity index (χ3n) is 3.52. The topological polar surface area (TPSA) is 58.9 Å². The summed E-state index contributed by atoms with van der Waals surface area (Å²) in [6.45, 7) is 4.11. The first kappa shape index (κ1) is 11.8. The van der Waals surface area contributed by atoms with Crippen LogP contribution in [0.5, 0.6) is 0 Å². The zero-order valence-corrected chi connectivity index (χ0v) is 11.0. The molecule has 0 atom stereocenters. The number of fused-ring (bicyclic) bond motifs is 2. The highest BCUT2D eigenvalue weighted by molar-refractivity contribution is 5.96. The van der Waals surface area contributed by atoms with E-state index in [-0.39, 0.29) is 11.3 Å². The van der Waals surface area contributed by atoms with Gasteiger partial charge in [0.1, 0.15) is 0 Å². The normalized spacial score (nSPS) is 11.5. The lowest BCUT2D eigenvalue weighted by atomic mass is 9.95. The van der Waals surface area contributed by atoms with Crippen molar-refractivity contribution in [1.82, 2.24) is 4.98 Å². The lowest BCUT2D eigenvalue weighted by Crippen LogP contribution is -2.09. The van der Waals surface area contributed by atoms with Gasteiger partial charge in [0.15, 0.2) is 5.43 Å². The van der Waals surface area contributed by atoms with Gasteiger partial charge in [-0.2, -0.15) is 0 Å². The smallest absolute Gasteiger partial charge is 0.197 e. The van der Waals surface area contributed by atoms with E-state index in [0.717, 1.165) is 16.6 Å². The molecule has 0 radical (unpaired) electrons. The van der Waals surface area contributed by atoms with Crippen molar-refractivity contribution in [2.45, 2.75) is 19.8 Å². The van der Waals surface area contributed by atoms with Gasteiger partial charge in [-0.05, 0) is 35.7 Å². The van der Waals surface area contributed by atoms with Crippen LogP contribution < -0.4 is 11.2 Å². The first-order valence-corrected chi connectivity index (χ1v) is 6.42. The SMILES string of the molecule is CC(C)c1c(N)ccc2[nH]c3ccccc3c(=O)c12. The highest BCUT2D eigenvalue weighted by atomic mass is 16.1. The van der Waals surface area contributed by atoms with Crippen LogP contribution in [0.2, 0.25) is 0 Å². The molecule has 2 aromatic carbocycles. The Bertz CT molecular complexity index is 831. The summed E-state index contributed by atoms with van der Waals surface area (Å²) < 4.78 is 0. The first-order valence-electron chi connectivity index (χ1n) is 6.42. The number of rotatable bonds is 1. The number of aromatic amines is 1. The molecule has 96 valence electrons. The number of hydrogen-bond donors (Lipinski definition) is 2. The third-order valence-corrected chi connectivity index (χ3v) is 3.52. The van der Waals surface area contributed by atoms with Crippen LogP contribution in [0, 0.1) is 0 Å². The maximum Gasteiger partial charge on any atom is 0.197 e. The number of nitrogens with two attached hydrogens (primary N) is 1. The fraction of sp³-hybridized carbons (Fsp3) is 0.188. The molecule has 0 aliphatic heterocycles. The number of anilines is 1. The summed E-state index contributed by atoms with van der Waals surface area (Å²) in [4.78, 5) is 16.0. The lowest BCUT2D eigenvalue weighted by molar-refractivity contribution is 0.878. The van der Waals surface area contributed by atoms with Crippen molar-refractivity contribution in [1.29, 1.82) is 0 Å². The summed E-state index contributed by atoms with van der Waals surface area (Å²) in [7, 11) is 0. The molecule has 0 amide bonds. The van der Waals surface area contributed by atoms with Crippen molar-refractivity contribution >= 4 is 27.5 Å². The largest absolute Gasteiger partial charge is 0.398 e. The second-order valence-electron chi connectivity index (χ2n) is 5.15. The fourth-order valence-electron chi connectivity index (χ4n) is 2.68. The molecular formula is C16H16N2O. The average molecular weight is 252 g/mol. The van der Waals surface area contributed by atoms with E-state index in [1.165, 1.54) is 0 Å². The van der Waals surface area contributed by atoms with Gasteiger partial charge in [0.05, 0.1) is 10.9 Å². The van der Waals surface area contributed by atoms with Crippen molar-refractivity contribution in [2.24, 2.45) is 0 Å². The van der Waals surface area contributed by atoms with Crippen molar-refractivity contribution in [3.63, 3.8) is 0 Å². The maximum absolute atomic E-state index is 12.7. The molecule has 0 saturated carbocycles. The summed E-state index contributed by atoms with van der Waals surface area (Å²) in [6, 6.07) is 11.3. The summed E-state index contributed by atoms with van der Waals surface area (Å²) in [5, 5.41) is 1.43. The minimum Gasteiger partial charge on any atom is -0.398 e. The van der Waals surface area contributed by atoms with Crippen molar-refractivity contribution in [2.75, 3.05) is 5.73 Å². The number of pyridine rings is 1. The number of para-hydroxylation sites is 1. The molecule has 0 unspecified atom stereocenters. The predicted molar refractivity (Wildman–Crippen MR) is 80.6 cm³/mol. The van der Waals surface area contributed by atoms with E-state index in [1.807, 2.05) is 36.4 Å². The van der Waals surface area contributed by atoms with Gasteiger partial charge in [-0.15, -0.1) is 0 Å². The van der Waals surface area contributed by atoms with E-state index in [1.54, 1.807) is 0 Å². The van der Waals surface area contributed by atoms with Crippen LogP contribution in [0.3, 0.4) is 0 Å². The molecule has 0 aliphatic rings. The molecule has 1 heterocycles. The van der Waals surface area contributed by atoms with Crippen molar-refractivity contribution in [3.05, 3.63) is 52.2 Å². The van der Waals surface area contributed by atoms with Crippen LogP contribution in [0.25, 0.3) is 21.8 Å². The summed E-state index contributed by atoms with van der Waals surface area (Å²) in [5.41, 5.74) is 9.43. The standard InChI is InChI=1S/C16H16N2O/c1-9(2)14-11(17)7-8-13-15(14)16(19)10-5-3-4-6-12(10)18-13/h3-9H,17H2,1-2H3,(H,18,19). The van der Waals surface area contributed by atoms with Gasteiger partial charge in [-0.25, -0.2) is 0 Å². The molecule has 0 saturated heterocycles. The molecule has 0 spiro atoms. The van der Waals surface area contributed by atoms with Crippen LogP contribution >= 0.6 is 0 Å². The Labute approximate surface area is 111 Å². The van der Waals surface area contributed by atoms with Gasteiger partial charge >= 0.3 is 0 Å². The molecule has 3 aromatic rings. The van der Waals surface area contributed by atoms with Crippen molar-refractivity contribution in [3.8, 4) is 0 Å². The van der Waals surface area contributed by atoms with Crippen molar-refractivity contribution < 1.29 is 0 Å². The number of nitrogens with one attached hydrogen (secondary N) is 1. The molecule has 19 heavy (non-hydrogen) atoms. The van der Waals surface area contributed by atoms with E-state index in [0.29, 0.717) is 16.5 Å². The second kappa shape index (κ2) is 4.12. The molecule has 0 fully saturated rings. The van der Waals surface area contributed by atoms with E-state index in [4.69, 9.17) is 5.73 Å². The number of aromatic nitrogens is 1. The molecule has 0 bridgehead atoms. The molecule has 3 N–H and O–H groups in total. The summed E-state index contributed by atoms with van der Waals surface area (Å²) in [6.07, 6.45) is 0. The van der Waals surface area contributed by atoms with Crippen LogP contribution in [0.1, 0.15) is 25.3 Å². The highest BCUT2D eigenvalue weighted by Gasteiger charge is 2.14. The molecule has 0 aliphatic carbocycles. The Morgan fingerprint density at radius 3 is 2.53 bits per heavy atom. The molecule has 3 heteroatoms. The zero-order chi connectivity index (χ0) is 13.6. The van der Waals surface area contributed by atoms with Crippen LogP contribution in [-0.2, 0) is 0 Å². The molecular weight excluding hydrogens is 236 g/mol. The Kier molecular flexibility index (Phi) is 2.56. The summed E-state index contributed by atoms with van der Waals surface area (Å²) >= 11 is 0. The van der Waals surface area contributed by atoms with E-state index in [9.17, 15) is 4.79 Å². The van der Waals surface area contributed by atoms with Gasteiger partial charge in [0, 0.05) is 16.6 Å². The van der Waals surface area contributed by atoms with Crippen LogP contribution in [0.15, 0.2) is 41.2 Å². The van der Waals surface area contributed by atoms with Gasteiger partial charge in [0.2, 0.25) is 0 Å². The number of benzene rings is 2. The Balaban J connectivity index is 2.60. The van der Waals surface area contributed by atoms with Crippen LogP contribution in [0.4, 0.5) is 5.69 Å². The Morgan fingerprint density at radius 1 is 1.05 bits per heavy atom. The summed E-state index contributed by atoms with van der Waals surface area (Å²) in [5.74, 6) is 0.214. The predicted octanol–water partition coefficient (Wildman–Crippen LogP) is 3.39. The maximum atomic E-state index is 12.7. The second-order valence-corrected chi connectivity index (χ2v) is 5.15. The number of H-pyrrole nitrogens is 1. The molecule has 3 rings (SSSR count). The Morgan fingerprint density at radius 2 is 1.79 bits per heavy atom.